The quantitative estimate of drug-likeness (QED) is 0.847. The predicted molar refractivity (Wildman–Crippen MR) is 74.7 cm³/mol. The number of imide groups is 1. The van der Waals surface area contributed by atoms with Gasteiger partial charge >= 0.3 is 0 Å². The molecule has 2 fully saturated rings. The van der Waals surface area contributed by atoms with E-state index in [0.29, 0.717) is 6.54 Å². The Balaban J connectivity index is 1.70. The van der Waals surface area contributed by atoms with Gasteiger partial charge in [-0.2, -0.15) is 0 Å². The third-order valence-corrected chi connectivity index (χ3v) is 4.41. The molecule has 2 aliphatic rings. The lowest BCUT2D eigenvalue weighted by molar-refractivity contribution is -0.143. The van der Waals surface area contributed by atoms with Crippen LogP contribution in [0.25, 0.3) is 0 Å². The van der Waals surface area contributed by atoms with Crippen molar-refractivity contribution in [2.75, 3.05) is 11.9 Å². The maximum absolute atomic E-state index is 12.2. The number of hydrogen-bond donors (Lipinski definition) is 1. The summed E-state index contributed by atoms with van der Waals surface area (Å²) in [5.41, 5.74) is 0.741. The molecule has 106 valence electrons. The first-order valence-electron chi connectivity index (χ1n) is 7.01. The summed E-state index contributed by atoms with van der Waals surface area (Å²) in [5.74, 6) is 0.536. The van der Waals surface area contributed by atoms with E-state index >= 15 is 0 Å². The zero-order valence-corrected chi connectivity index (χ0v) is 12.0. The molecule has 1 saturated heterocycles. The molecule has 20 heavy (non-hydrogen) atoms. The van der Waals surface area contributed by atoms with E-state index in [1.807, 2.05) is 32.9 Å². The van der Waals surface area contributed by atoms with Crippen molar-refractivity contribution in [3.05, 3.63) is 23.9 Å². The summed E-state index contributed by atoms with van der Waals surface area (Å²) in [7, 11) is 0. The Morgan fingerprint density at radius 1 is 1.25 bits per heavy atom. The van der Waals surface area contributed by atoms with Gasteiger partial charge in [0.1, 0.15) is 5.82 Å². The second-order valence-corrected chi connectivity index (χ2v) is 6.12. The van der Waals surface area contributed by atoms with Crippen LogP contribution in [0.2, 0.25) is 0 Å². The smallest absolute Gasteiger partial charge is 0.233 e. The number of nitrogens with zero attached hydrogens (tertiary/aromatic N) is 2. The Bertz CT molecular complexity index is 541. The number of anilines is 1. The SMILES string of the molecule is CCNc1ccc(CN2C(=O)C3C(C2=O)C3(C)C)cn1. The maximum Gasteiger partial charge on any atom is 0.233 e. The highest BCUT2D eigenvalue weighted by Crippen LogP contribution is 2.63. The van der Waals surface area contributed by atoms with Crippen molar-refractivity contribution in [1.82, 2.24) is 9.88 Å². The first-order chi connectivity index (χ1) is 9.46. The Labute approximate surface area is 118 Å². The lowest BCUT2D eigenvalue weighted by Gasteiger charge is -2.20. The van der Waals surface area contributed by atoms with Crippen molar-refractivity contribution in [1.29, 1.82) is 0 Å². The summed E-state index contributed by atoms with van der Waals surface area (Å²) in [6.45, 7) is 7.13. The fourth-order valence-electron chi connectivity index (χ4n) is 3.15. The third kappa shape index (κ3) is 1.80. The molecule has 0 bridgehead atoms. The minimum absolute atomic E-state index is 0.0271. The number of carbonyl (C=O) groups excluding carboxylic acids is 2. The molecule has 2 unspecified atom stereocenters. The lowest BCUT2D eigenvalue weighted by atomic mass is 10.1. The lowest BCUT2D eigenvalue weighted by Crippen LogP contribution is -2.35. The number of carbonyl (C=O) groups is 2. The maximum atomic E-state index is 12.2. The van der Waals surface area contributed by atoms with Gasteiger partial charge in [0.05, 0.1) is 18.4 Å². The number of likely N-dealkylation sites (tertiary alicyclic amines) is 1. The van der Waals surface area contributed by atoms with E-state index in [1.54, 1.807) is 6.20 Å². The summed E-state index contributed by atoms with van der Waals surface area (Å²) in [4.78, 5) is 30.1. The highest BCUT2D eigenvalue weighted by Gasteiger charge is 2.72. The van der Waals surface area contributed by atoms with Gasteiger partial charge in [0.25, 0.3) is 0 Å². The number of pyridine rings is 1. The average Bonchev–Trinajstić information content (AvgIpc) is 2.88. The van der Waals surface area contributed by atoms with E-state index in [1.165, 1.54) is 4.90 Å². The van der Waals surface area contributed by atoms with Crippen LogP contribution in [0.1, 0.15) is 26.3 Å². The highest BCUT2D eigenvalue weighted by molar-refractivity contribution is 6.10. The second-order valence-electron chi connectivity index (χ2n) is 6.12. The molecule has 1 aromatic heterocycles. The van der Waals surface area contributed by atoms with Crippen LogP contribution in [0, 0.1) is 17.3 Å². The monoisotopic (exact) mass is 273 g/mol. The molecule has 2 heterocycles. The van der Waals surface area contributed by atoms with Gasteiger partial charge < -0.3 is 5.32 Å². The van der Waals surface area contributed by atoms with Crippen LogP contribution in [0.3, 0.4) is 0 Å². The van der Waals surface area contributed by atoms with E-state index in [2.05, 4.69) is 10.3 Å². The van der Waals surface area contributed by atoms with Crippen LogP contribution in [0.5, 0.6) is 0 Å². The van der Waals surface area contributed by atoms with Gasteiger partial charge in [-0.15, -0.1) is 0 Å². The molecule has 5 heteroatoms. The molecule has 0 spiro atoms. The molecule has 1 aromatic rings. The molecule has 2 atom stereocenters. The summed E-state index contributed by atoms with van der Waals surface area (Å²) in [5, 5.41) is 3.11. The molecule has 1 aliphatic carbocycles. The molecule has 1 saturated carbocycles. The Morgan fingerprint density at radius 2 is 1.90 bits per heavy atom. The molecule has 2 amide bonds. The van der Waals surface area contributed by atoms with E-state index in [4.69, 9.17) is 0 Å². The molecule has 0 radical (unpaired) electrons. The van der Waals surface area contributed by atoms with Crippen LogP contribution in [-0.4, -0.2) is 28.2 Å². The van der Waals surface area contributed by atoms with Crippen molar-refractivity contribution in [2.24, 2.45) is 17.3 Å². The Morgan fingerprint density at radius 3 is 2.40 bits per heavy atom. The Kier molecular flexibility index (Phi) is 2.81. The molecule has 1 aliphatic heterocycles. The minimum Gasteiger partial charge on any atom is -0.370 e. The molecular formula is C15H19N3O2. The minimum atomic E-state index is -0.141. The number of nitrogens with one attached hydrogen (secondary N) is 1. The van der Waals surface area contributed by atoms with Gasteiger partial charge in [-0.05, 0) is 24.0 Å². The second kappa shape index (κ2) is 4.30. The van der Waals surface area contributed by atoms with Crippen LogP contribution < -0.4 is 5.32 Å². The van der Waals surface area contributed by atoms with Gasteiger partial charge in [0.2, 0.25) is 11.8 Å². The predicted octanol–water partition coefficient (Wildman–Crippen LogP) is 1.65. The Hall–Kier alpha value is -1.91. The van der Waals surface area contributed by atoms with Gasteiger partial charge in [0, 0.05) is 12.7 Å². The zero-order chi connectivity index (χ0) is 14.5. The number of hydrogen-bond acceptors (Lipinski definition) is 4. The average molecular weight is 273 g/mol. The first kappa shape index (κ1) is 13.1. The van der Waals surface area contributed by atoms with E-state index in [-0.39, 0.29) is 29.1 Å². The van der Waals surface area contributed by atoms with Gasteiger partial charge in [-0.25, -0.2) is 4.98 Å². The number of aromatic nitrogens is 1. The standard InChI is InChI=1S/C15H19N3O2/c1-4-16-10-6-5-9(7-17-10)8-18-13(19)11-12(14(18)20)15(11,2)3/h5-7,11-12H,4,8H2,1-3H3,(H,16,17). The van der Waals surface area contributed by atoms with Crippen molar-refractivity contribution in [3.8, 4) is 0 Å². The molecule has 1 N–H and O–H groups in total. The molecule has 3 rings (SSSR count). The number of amides is 2. The topological polar surface area (TPSA) is 62.3 Å². The third-order valence-electron chi connectivity index (χ3n) is 4.41. The highest BCUT2D eigenvalue weighted by atomic mass is 16.2. The van der Waals surface area contributed by atoms with Crippen LogP contribution in [-0.2, 0) is 16.1 Å². The molecule has 0 aromatic carbocycles. The summed E-state index contributed by atoms with van der Waals surface area (Å²) < 4.78 is 0. The summed E-state index contributed by atoms with van der Waals surface area (Å²) in [6.07, 6.45) is 1.72. The van der Waals surface area contributed by atoms with Crippen LogP contribution in [0.15, 0.2) is 18.3 Å². The fraction of sp³-hybridized carbons (Fsp3) is 0.533. The largest absolute Gasteiger partial charge is 0.370 e. The number of rotatable bonds is 4. The number of piperidine rings is 1. The van der Waals surface area contributed by atoms with Crippen LogP contribution in [0.4, 0.5) is 5.82 Å². The van der Waals surface area contributed by atoms with Gasteiger partial charge in [-0.1, -0.05) is 19.9 Å². The van der Waals surface area contributed by atoms with Crippen LogP contribution >= 0.6 is 0 Å². The van der Waals surface area contributed by atoms with E-state index in [9.17, 15) is 9.59 Å². The van der Waals surface area contributed by atoms with Crippen molar-refractivity contribution >= 4 is 17.6 Å². The van der Waals surface area contributed by atoms with E-state index in [0.717, 1.165) is 17.9 Å². The van der Waals surface area contributed by atoms with Crippen molar-refractivity contribution < 1.29 is 9.59 Å². The summed E-state index contributed by atoms with van der Waals surface area (Å²) in [6, 6.07) is 3.77. The fourth-order valence-corrected chi connectivity index (χ4v) is 3.15. The molecule has 5 nitrogen and oxygen atoms in total. The summed E-state index contributed by atoms with van der Waals surface area (Å²) >= 11 is 0. The van der Waals surface area contributed by atoms with Crippen molar-refractivity contribution in [2.45, 2.75) is 27.3 Å². The number of fused-ring (bicyclic) bond motifs is 1. The zero-order valence-electron chi connectivity index (χ0n) is 12.0. The van der Waals surface area contributed by atoms with Gasteiger partial charge in [0.15, 0.2) is 0 Å². The first-order valence-corrected chi connectivity index (χ1v) is 7.01. The van der Waals surface area contributed by atoms with Gasteiger partial charge in [-0.3, -0.25) is 14.5 Å². The normalized spacial score (nSPS) is 26.6. The van der Waals surface area contributed by atoms with Crippen molar-refractivity contribution in [3.63, 3.8) is 0 Å². The van der Waals surface area contributed by atoms with E-state index < -0.39 is 0 Å². The molecular weight excluding hydrogens is 254 g/mol.